The Hall–Kier alpha value is -6.95. The molecule has 4 N–H and O–H groups in total. The molecule has 0 radical (unpaired) electrons. The minimum absolute atomic E-state index is 0.0971. The van der Waals surface area contributed by atoms with E-state index in [-0.39, 0.29) is 34.0 Å². The number of benzene rings is 6. The van der Waals surface area contributed by atoms with E-state index in [2.05, 4.69) is 36.1 Å². The summed E-state index contributed by atoms with van der Waals surface area (Å²) in [5.74, 6) is -1.02. The fourth-order valence-corrected chi connectivity index (χ4v) is 5.44. The van der Waals surface area contributed by atoms with Crippen molar-refractivity contribution in [1.82, 2.24) is 15.6 Å². The zero-order chi connectivity index (χ0) is 34.1. The maximum Gasteiger partial charge on any atom is 0.254 e. The highest BCUT2D eigenvalue weighted by molar-refractivity contribution is 6.07. The van der Waals surface area contributed by atoms with E-state index in [0.717, 1.165) is 10.8 Å². The van der Waals surface area contributed by atoms with Gasteiger partial charge in [-0.25, -0.2) is 4.98 Å². The summed E-state index contributed by atoms with van der Waals surface area (Å²) in [5.41, 5.74) is 3.30. The van der Waals surface area contributed by atoms with Crippen molar-refractivity contribution in [3.8, 4) is 23.0 Å². The van der Waals surface area contributed by atoms with Gasteiger partial charge in [0, 0.05) is 36.5 Å². The van der Waals surface area contributed by atoms with E-state index in [1.807, 2.05) is 36.4 Å². The number of aromatic nitrogens is 1. The smallest absolute Gasteiger partial charge is 0.254 e. The van der Waals surface area contributed by atoms with Crippen LogP contribution in [0.3, 0.4) is 0 Å². The first-order valence-corrected chi connectivity index (χ1v) is 15.1. The lowest BCUT2D eigenvalue weighted by molar-refractivity contribution is 0.0952. The lowest BCUT2D eigenvalue weighted by atomic mass is 10.0. The first kappa shape index (κ1) is 30.7. The maximum absolute atomic E-state index is 12.4. The van der Waals surface area contributed by atoms with Crippen molar-refractivity contribution in [2.75, 3.05) is 14.1 Å². The van der Waals surface area contributed by atoms with Gasteiger partial charge in [0.05, 0.1) is 22.5 Å². The molecule has 0 saturated heterocycles. The third-order valence-corrected chi connectivity index (χ3v) is 7.95. The van der Waals surface area contributed by atoms with E-state index >= 15 is 0 Å². The molecule has 240 valence electrons. The van der Waals surface area contributed by atoms with Crippen LogP contribution in [0.15, 0.2) is 128 Å². The Labute approximate surface area is 278 Å². The summed E-state index contributed by atoms with van der Waals surface area (Å²) in [5, 5.41) is 46.9. The van der Waals surface area contributed by atoms with Gasteiger partial charge in [0.2, 0.25) is 5.89 Å². The number of oxazole rings is 1. The van der Waals surface area contributed by atoms with Gasteiger partial charge in [-0.05, 0) is 59.3 Å². The Morgan fingerprint density at radius 2 is 1.14 bits per heavy atom. The van der Waals surface area contributed by atoms with E-state index in [4.69, 9.17) is 4.42 Å². The highest BCUT2D eigenvalue weighted by atomic mass is 16.3. The van der Waals surface area contributed by atoms with Crippen LogP contribution in [0.5, 0.6) is 11.5 Å². The number of aromatic hydroxyl groups is 2. The van der Waals surface area contributed by atoms with Gasteiger partial charge in [0.15, 0.2) is 17.1 Å². The van der Waals surface area contributed by atoms with Crippen molar-refractivity contribution in [2.45, 2.75) is 0 Å². The molecule has 0 aliphatic heterocycles. The molecule has 7 aromatic rings. The highest BCUT2D eigenvalue weighted by Gasteiger charge is 2.19. The molecule has 0 atom stereocenters. The molecule has 2 amide bonds. The van der Waals surface area contributed by atoms with Crippen LogP contribution in [0, 0.1) is 0 Å². The van der Waals surface area contributed by atoms with Crippen molar-refractivity contribution in [1.29, 1.82) is 0 Å². The van der Waals surface area contributed by atoms with E-state index in [1.54, 1.807) is 66.7 Å². The Morgan fingerprint density at radius 1 is 0.633 bits per heavy atom. The number of hydrogen-bond donors (Lipinski definition) is 4. The molecule has 12 nitrogen and oxygen atoms in total. The Morgan fingerprint density at radius 3 is 1.69 bits per heavy atom. The first-order valence-electron chi connectivity index (χ1n) is 15.1. The van der Waals surface area contributed by atoms with Crippen molar-refractivity contribution in [2.24, 2.45) is 20.5 Å². The minimum Gasteiger partial charge on any atom is -0.505 e. The second-order valence-electron chi connectivity index (χ2n) is 11.0. The SMILES string of the molecule is CNC(=O)c1cc2ccccc2c(N=Nc2ccc(-c3nc4ccc(N=Nc5c(O)c(C(=O)NC)cc6ccccc56)cc4o3)cc2)c1O. The van der Waals surface area contributed by atoms with Crippen molar-refractivity contribution >= 4 is 67.2 Å². The summed E-state index contributed by atoms with van der Waals surface area (Å²) in [6.45, 7) is 0. The van der Waals surface area contributed by atoms with Gasteiger partial charge in [-0.3, -0.25) is 9.59 Å². The molecule has 0 aliphatic carbocycles. The van der Waals surface area contributed by atoms with Gasteiger partial charge < -0.3 is 25.3 Å². The normalized spacial score (nSPS) is 11.6. The number of nitrogens with zero attached hydrogens (tertiary/aromatic N) is 5. The van der Waals surface area contributed by atoms with Crippen molar-refractivity contribution < 1.29 is 24.2 Å². The zero-order valence-corrected chi connectivity index (χ0v) is 26.2. The Kier molecular flexibility index (Phi) is 7.94. The molecule has 12 heteroatoms. The van der Waals surface area contributed by atoms with Gasteiger partial charge in [0.1, 0.15) is 16.9 Å². The van der Waals surface area contributed by atoms with Gasteiger partial charge in [-0.2, -0.15) is 10.2 Å². The van der Waals surface area contributed by atoms with Crippen LogP contribution < -0.4 is 10.6 Å². The molecular formula is C37H27N7O5. The molecule has 0 spiro atoms. The van der Waals surface area contributed by atoms with Crippen molar-refractivity contribution in [3.05, 3.63) is 114 Å². The number of rotatable bonds is 7. The van der Waals surface area contributed by atoms with Crippen LogP contribution in [-0.4, -0.2) is 41.1 Å². The molecule has 49 heavy (non-hydrogen) atoms. The lowest BCUT2D eigenvalue weighted by Gasteiger charge is -2.09. The van der Waals surface area contributed by atoms with Gasteiger partial charge in [-0.1, -0.05) is 48.5 Å². The van der Waals surface area contributed by atoms with Gasteiger partial charge in [-0.15, -0.1) is 10.2 Å². The zero-order valence-electron chi connectivity index (χ0n) is 26.2. The molecule has 1 heterocycles. The topological polar surface area (TPSA) is 174 Å². The second kappa shape index (κ2) is 12.7. The van der Waals surface area contributed by atoms with Gasteiger partial charge in [0.25, 0.3) is 11.8 Å². The Bertz CT molecular complexity index is 2490. The predicted octanol–water partition coefficient (Wildman–Crippen LogP) is 8.76. The largest absolute Gasteiger partial charge is 0.505 e. The molecule has 0 unspecified atom stereocenters. The summed E-state index contributed by atoms with van der Waals surface area (Å²) in [6, 6.07) is 30.0. The van der Waals surface area contributed by atoms with Crippen LogP contribution in [0.25, 0.3) is 44.1 Å². The molecule has 1 aromatic heterocycles. The number of phenolic OH excluding ortho intramolecular Hbond substituents is 2. The summed E-state index contributed by atoms with van der Waals surface area (Å²) in [4.78, 5) is 29.3. The van der Waals surface area contributed by atoms with Crippen LogP contribution in [0.2, 0.25) is 0 Å². The maximum atomic E-state index is 12.4. The highest BCUT2D eigenvalue weighted by Crippen LogP contribution is 2.41. The number of fused-ring (bicyclic) bond motifs is 3. The molecule has 0 bridgehead atoms. The molecule has 6 aromatic carbocycles. The third-order valence-electron chi connectivity index (χ3n) is 7.95. The lowest BCUT2D eigenvalue weighted by Crippen LogP contribution is -2.17. The number of hydrogen-bond acceptors (Lipinski definition) is 10. The van der Waals surface area contributed by atoms with E-state index < -0.39 is 11.8 Å². The number of phenols is 2. The molecule has 0 saturated carbocycles. The Balaban J connectivity index is 1.15. The van der Waals surface area contributed by atoms with E-state index in [1.165, 1.54) is 14.1 Å². The number of carbonyl (C=O) groups excluding carboxylic acids is 2. The third kappa shape index (κ3) is 5.78. The average molecular weight is 650 g/mol. The summed E-state index contributed by atoms with van der Waals surface area (Å²) in [7, 11) is 2.98. The molecule has 7 rings (SSSR count). The summed E-state index contributed by atoms with van der Waals surface area (Å²) < 4.78 is 6.05. The van der Waals surface area contributed by atoms with Crippen LogP contribution in [0.4, 0.5) is 22.7 Å². The average Bonchev–Trinajstić information content (AvgIpc) is 3.57. The summed E-state index contributed by atoms with van der Waals surface area (Å²) in [6.07, 6.45) is 0. The molecule has 0 fully saturated rings. The van der Waals surface area contributed by atoms with Crippen molar-refractivity contribution in [3.63, 3.8) is 0 Å². The van der Waals surface area contributed by atoms with E-state index in [0.29, 0.717) is 44.7 Å². The minimum atomic E-state index is -0.438. The van der Waals surface area contributed by atoms with Gasteiger partial charge >= 0.3 is 0 Å². The van der Waals surface area contributed by atoms with Crippen LogP contribution in [0.1, 0.15) is 20.7 Å². The van der Waals surface area contributed by atoms with E-state index in [9.17, 15) is 19.8 Å². The number of azo groups is 2. The second-order valence-corrected chi connectivity index (χ2v) is 11.0. The first-order chi connectivity index (χ1) is 23.8. The fourth-order valence-electron chi connectivity index (χ4n) is 5.44. The standard InChI is InChI=1S/C37H27N7O5/c1-38-35(47)27-17-21-7-3-5-9-25(21)31(33(27)45)43-41-23-13-11-20(12-14-23)37-40-29-16-15-24(19-30(29)49-37)42-44-32-26-10-6-4-8-22(26)18-28(34(32)46)36(48)39-2/h3-19,45-46H,1-2H3,(H,38,47)(H,39,48). The molecule has 0 aliphatic rings. The fraction of sp³-hybridized carbons (Fsp3) is 0.0541. The molecular weight excluding hydrogens is 622 g/mol. The monoisotopic (exact) mass is 649 g/mol. The number of carbonyl (C=O) groups is 2. The summed E-state index contributed by atoms with van der Waals surface area (Å²) >= 11 is 0. The van der Waals surface area contributed by atoms with Crippen LogP contribution >= 0.6 is 0 Å². The predicted molar refractivity (Wildman–Crippen MR) is 186 cm³/mol. The number of amides is 2. The van der Waals surface area contributed by atoms with Crippen LogP contribution in [-0.2, 0) is 0 Å². The number of nitrogens with one attached hydrogen (secondary N) is 2. The quantitative estimate of drug-likeness (QED) is 0.126.